The van der Waals surface area contributed by atoms with Crippen molar-refractivity contribution in [3.63, 3.8) is 0 Å². The van der Waals surface area contributed by atoms with Crippen molar-refractivity contribution in [1.29, 1.82) is 5.26 Å². The molecule has 6 nitrogen and oxygen atoms in total. The molecule has 1 unspecified atom stereocenters. The molecule has 7 aromatic carbocycles. The van der Waals surface area contributed by atoms with Crippen molar-refractivity contribution in [2.24, 2.45) is 9.98 Å². The largest absolute Gasteiger partial charge is 0.455 e. The summed E-state index contributed by atoms with van der Waals surface area (Å²) in [5.41, 5.74) is 10.5. The van der Waals surface area contributed by atoms with Crippen molar-refractivity contribution >= 4 is 55.4 Å². The standard InChI is InChI=1S/C46H29N5O/c47-28-29-18-20-31(21-19-29)45-48-44(30-10-3-1-4-11-30)49-46(50-45)38-16-9-15-37-36-24-22-33(27-42(36)52-43(37)38)32-23-25-41-39(26-32)35-14-7-8-17-40(35)51(41)34-12-5-2-6-13-34/h1-27,44H,(H,48,49,50). The average molecular weight is 668 g/mol. The first kappa shape index (κ1) is 29.7. The summed E-state index contributed by atoms with van der Waals surface area (Å²) in [5, 5.41) is 17.3. The van der Waals surface area contributed by atoms with Gasteiger partial charge in [0.25, 0.3) is 0 Å². The molecule has 9 aromatic rings. The van der Waals surface area contributed by atoms with Crippen LogP contribution in [0.15, 0.2) is 178 Å². The number of benzene rings is 7. The molecule has 0 saturated carbocycles. The third-order valence-electron chi connectivity index (χ3n) is 9.91. The minimum atomic E-state index is -0.353. The Morgan fingerprint density at radius 2 is 1.29 bits per heavy atom. The summed E-state index contributed by atoms with van der Waals surface area (Å²) in [6, 6.07) is 58.2. The zero-order chi connectivity index (χ0) is 34.6. The molecule has 3 heterocycles. The third kappa shape index (κ3) is 4.87. The summed E-state index contributed by atoms with van der Waals surface area (Å²) in [6.07, 6.45) is -0.353. The molecule has 0 bridgehead atoms. The number of fused-ring (bicyclic) bond motifs is 6. The molecule has 52 heavy (non-hydrogen) atoms. The third-order valence-corrected chi connectivity index (χ3v) is 9.91. The van der Waals surface area contributed by atoms with Crippen LogP contribution in [0.2, 0.25) is 0 Å². The van der Waals surface area contributed by atoms with E-state index in [1.54, 1.807) is 12.1 Å². The molecular formula is C46H29N5O. The first-order valence-corrected chi connectivity index (χ1v) is 17.2. The molecule has 0 aliphatic carbocycles. The van der Waals surface area contributed by atoms with Crippen LogP contribution < -0.4 is 5.32 Å². The van der Waals surface area contributed by atoms with Gasteiger partial charge in [-0.15, -0.1) is 0 Å². The first-order valence-electron chi connectivity index (χ1n) is 17.2. The second-order valence-electron chi connectivity index (χ2n) is 13.0. The van der Waals surface area contributed by atoms with Gasteiger partial charge in [0, 0.05) is 32.8 Å². The van der Waals surface area contributed by atoms with E-state index in [9.17, 15) is 5.26 Å². The zero-order valence-electron chi connectivity index (χ0n) is 27.9. The van der Waals surface area contributed by atoms with E-state index in [0.29, 0.717) is 17.2 Å². The Morgan fingerprint density at radius 1 is 0.596 bits per heavy atom. The highest BCUT2D eigenvalue weighted by Crippen LogP contribution is 2.38. The summed E-state index contributed by atoms with van der Waals surface area (Å²) in [4.78, 5) is 10.1. The molecule has 1 atom stereocenters. The number of aromatic nitrogens is 1. The Morgan fingerprint density at radius 3 is 2.12 bits per heavy atom. The molecule has 0 amide bonds. The smallest absolute Gasteiger partial charge is 0.163 e. The van der Waals surface area contributed by atoms with Crippen molar-refractivity contribution in [3.8, 4) is 22.9 Å². The molecule has 0 saturated heterocycles. The van der Waals surface area contributed by atoms with Gasteiger partial charge in [-0.3, -0.25) is 0 Å². The van der Waals surface area contributed by atoms with Crippen LogP contribution in [0.5, 0.6) is 0 Å². The zero-order valence-corrected chi connectivity index (χ0v) is 27.9. The molecule has 0 fully saturated rings. The molecule has 1 aliphatic heterocycles. The number of aliphatic imine (C=N–C) groups is 2. The minimum Gasteiger partial charge on any atom is -0.455 e. The lowest BCUT2D eigenvalue weighted by atomic mass is 10.0. The van der Waals surface area contributed by atoms with E-state index >= 15 is 0 Å². The molecule has 0 radical (unpaired) electrons. The van der Waals surface area contributed by atoms with Gasteiger partial charge in [0.1, 0.15) is 23.2 Å². The number of nitrogens with one attached hydrogen (secondary N) is 1. The highest BCUT2D eigenvalue weighted by Gasteiger charge is 2.24. The van der Waals surface area contributed by atoms with Gasteiger partial charge in [0.05, 0.1) is 28.2 Å². The number of furan rings is 1. The van der Waals surface area contributed by atoms with E-state index in [4.69, 9.17) is 14.4 Å². The number of nitriles is 1. The average Bonchev–Trinajstić information content (AvgIpc) is 3.76. The molecule has 0 spiro atoms. The van der Waals surface area contributed by atoms with Crippen molar-refractivity contribution in [3.05, 3.63) is 186 Å². The lowest BCUT2D eigenvalue weighted by molar-refractivity contribution is 0.663. The van der Waals surface area contributed by atoms with Crippen LogP contribution in [0.3, 0.4) is 0 Å². The summed E-state index contributed by atoms with van der Waals surface area (Å²) >= 11 is 0. The van der Waals surface area contributed by atoms with Crippen LogP contribution in [0.1, 0.15) is 28.4 Å². The normalized spacial score (nSPS) is 14.3. The van der Waals surface area contributed by atoms with Crippen molar-refractivity contribution < 1.29 is 4.42 Å². The number of nitrogens with zero attached hydrogens (tertiary/aromatic N) is 4. The monoisotopic (exact) mass is 667 g/mol. The number of amidine groups is 2. The second kappa shape index (κ2) is 12.0. The Balaban J connectivity index is 1.09. The summed E-state index contributed by atoms with van der Waals surface area (Å²) in [7, 11) is 0. The van der Waals surface area contributed by atoms with Gasteiger partial charge in [-0.1, -0.05) is 91.0 Å². The van der Waals surface area contributed by atoms with E-state index in [0.717, 1.165) is 55.4 Å². The SMILES string of the molecule is N#Cc1ccc(C2=NC(c3cccc4c3oc3cc(-c5ccc6c(c5)c5ccccc5n6-c5ccccc5)ccc34)=NC(c3ccccc3)N2)cc1. The maximum Gasteiger partial charge on any atom is 0.163 e. The van der Waals surface area contributed by atoms with Gasteiger partial charge < -0.3 is 14.3 Å². The Labute approximate surface area is 299 Å². The van der Waals surface area contributed by atoms with Crippen LogP contribution in [0.25, 0.3) is 60.6 Å². The summed E-state index contributed by atoms with van der Waals surface area (Å²) in [5.74, 6) is 1.26. The predicted octanol–water partition coefficient (Wildman–Crippen LogP) is 10.7. The molecule has 6 heteroatoms. The molecule has 2 aromatic heterocycles. The Kier molecular flexibility index (Phi) is 6.83. The van der Waals surface area contributed by atoms with E-state index < -0.39 is 0 Å². The lowest BCUT2D eigenvalue weighted by Gasteiger charge is -2.23. The number of hydrogen-bond donors (Lipinski definition) is 1. The molecule has 10 rings (SSSR count). The van der Waals surface area contributed by atoms with Gasteiger partial charge in [-0.2, -0.15) is 5.26 Å². The van der Waals surface area contributed by atoms with E-state index in [-0.39, 0.29) is 6.17 Å². The first-order chi connectivity index (χ1) is 25.7. The highest BCUT2D eigenvalue weighted by molar-refractivity contribution is 6.19. The van der Waals surface area contributed by atoms with Gasteiger partial charge in [0.15, 0.2) is 5.84 Å². The quantitative estimate of drug-likeness (QED) is 0.198. The fourth-order valence-electron chi connectivity index (χ4n) is 7.39. The Hall–Kier alpha value is -7.23. The van der Waals surface area contributed by atoms with Crippen LogP contribution in [-0.4, -0.2) is 16.2 Å². The number of hydrogen-bond acceptors (Lipinski definition) is 5. The topological polar surface area (TPSA) is 78.6 Å². The van der Waals surface area contributed by atoms with Crippen molar-refractivity contribution in [1.82, 2.24) is 9.88 Å². The molecule has 1 aliphatic rings. The fourth-order valence-corrected chi connectivity index (χ4v) is 7.39. The number of rotatable bonds is 5. The number of para-hydroxylation sites is 3. The van der Waals surface area contributed by atoms with Crippen LogP contribution >= 0.6 is 0 Å². The van der Waals surface area contributed by atoms with Crippen molar-refractivity contribution in [2.45, 2.75) is 6.17 Å². The van der Waals surface area contributed by atoms with Gasteiger partial charge in [-0.05, 0) is 89.5 Å². The van der Waals surface area contributed by atoms with Crippen LogP contribution in [0, 0.1) is 11.3 Å². The Bertz CT molecular complexity index is 2930. The lowest BCUT2D eigenvalue weighted by Crippen LogP contribution is -2.33. The van der Waals surface area contributed by atoms with Gasteiger partial charge >= 0.3 is 0 Å². The molecular weight excluding hydrogens is 639 g/mol. The van der Waals surface area contributed by atoms with Gasteiger partial charge in [0.2, 0.25) is 0 Å². The van der Waals surface area contributed by atoms with Crippen LogP contribution in [0.4, 0.5) is 0 Å². The predicted molar refractivity (Wildman–Crippen MR) is 210 cm³/mol. The minimum absolute atomic E-state index is 0.353. The summed E-state index contributed by atoms with van der Waals surface area (Å²) in [6.45, 7) is 0. The van der Waals surface area contributed by atoms with E-state index in [1.807, 2.05) is 42.5 Å². The molecule has 244 valence electrons. The van der Waals surface area contributed by atoms with Gasteiger partial charge in [-0.25, -0.2) is 9.98 Å². The second-order valence-corrected chi connectivity index (χ2v) is 13.0. The van der Waals surface area contributed by atoms with E-state index in [2.05, 4.69) is 125 Å². The van der Waals surface area contributed by atoms with Crippen molar-refractivity contribution in [2.75, 3.05) is 0 Å². The fraction of sp³-hybridized carbons (Fsp3) is 0.0217. The maximum absolute atomic E-state index is 9.36. The summed E-state index contributed by atoms with van der Waals surface area (Å²) < 4.78 is 9.05. The van der Waals surface area contributed by atoms with Crippen LogP contribution in [-0.2, 0) is 0 Å². The molecule has 1 N–H and O–H groups in total. The maximum atomic E-state index is 9.36. The van der Waals surface area contributed by atoms with E-state index in [1.165, 1.54) is 21.8 Å². The highest BCUT2D eigenvalue weighted by atomic mass is 16.3.